The molecule has 0 saturated carbocycles. The second kappa shape index (κ2) is 4.97. The van der Waals surface area contributed by atoms with Gasteiger partial charge in [0.2, 0.25) is 0 Å². The van der Waals surface area contributed by atoms with E-state index in [9.17, 15) is 14.7 Å². The van der Waals surface area contributed by atoms with Crippen LogP contribution in [0.15, 0.2) is 0 Å². The number of hydrogen-bond acceptors (Lipinski definition) is 5. The molecular weight excluding hydrogens is 282 g/mol. The molecule has 1 aromatic heterocycles. The fraction of sp³-hybridized carbons (Fsp3) is 0.538. The van der Waals surface area contributed by atoms with Gasteiger partial charge in [-0.2, -0.15) is 0 Å². The number of thiophene rings is 1. The zero-order chi connectivity index (χ0) is 15.1. The lowest BCUT2D eigenvalue weighted by Crippen LogP contribution is -2.39. The lowest BCUT2D eigenvalue weighted by molar-refractivity contribution is 0.0225. The van der Waals surface area contributed by atoms with E-state index in [2.05, 4.69) is 0 Å². The van der Waals surface area contributed by atoms with Gasteiger partial charge in [-0.05, 0) is 27.2 Å². The fourth-order valence-electron chi connectivity index (χ4n) is 2.01. The van der Waals surface area contributed by atoms with Gasteiger partial charge in [0, 0.05) is 17.0 Å². The first-order chi connectivity index (χ1) is 9.19. The lowest BCUT2D eigenvalue weighted by atomic mass is 10.1. The van der Waals surface area contributed by atoms with E-state index in [1.165, 1.54) is 4.90 Å². The minimum Gasteiger partial charge on any atom is -0.506 e. The molecule has 1 aliphatic heterocycles. The summed E-state index contributed by atoms with van der Waals surface area (Å²) < 4.78 is 5.29. The number of aromatic carboxylic acids is 1. The Kier molecular flexibility index (Phi) is 3.64. The Morgan fingerprint density at radius 2 is 2.00 bits per heavy atom. The highest BCUT2D eigenvalue weighted by atomic mass is 32.1. The molecule has 0 unspecified atom stereocenters. The lowest BCUT2D eigenvalue weighted by Gasteiger charge is -2.29. The van der Waals surface area contributed by atoms with Crippen LogP contribution >= 0.6 is 11.3 Å². The third-order valence-electron chi connectivity index (χ3n) is 2.87. The highest BCUT2D eigenvalue weighted by molar-refractivity contribution is 7.14. The van der Waals surface area contributed by atoms with E-state index < -0.39 is 17.7 Å². The van der Waals surface area contributed by atoms with Crippen LogP contribution in [0.3, 0.4) is 0 Å². The van der Waals surface area contributed by atoms with Crippen LogP contribution in [0.25, 0.3) is 0 Å². The number of hydrogen-bond donors (Lipinski definition) is 2. The fourth-order valence-corrected chi connectivity index (χ4v) is 3.11. The van der Waals surface area contributed by atoms with Crippen LogP contribution in [0.2, 0.25) is 0 Å². The Balaban J connectivity index is 2.17. The first-order valence-electron chi connectivity index (χ1n) is 6.24. The van der Waals surface area contributed by atoms with Crippen molar-refractivity contribution >= 4 is 23.4 Å². The van der Waals surface area contributed by atoms with E-state index in [0.29, 0.717) is 23.4 Å². The Hall–Kier alpha value is -1.76. The second-order valence-corrected chi connectivity index (χ2v) is 6.74. The molecule has 0 aliphatic carbocycles. The van der Waals surface area contributed by atoms with Gasteiger partial charge in [0.15, 0.2) is 4.88 Å². The number of ether oxygens (including phenoxy) is 1. The molecule has 7 heteroatoms. The Morgan fingerprint density at radius 3 is 2.55 bits per heavy atom. The summed E-state index contributed by atoms with van der Waals surface area (Å²) in [5, 5.41) is 18.8. The number of carbonyl (C=O) groups is 2. The minimum absolute atomic E-state index is 0.0685. The molecule has 0 spiro atoms. The van der Waals surface area contributed by atoms with Crippen molar-refractivity contribution in [2.45, 2.75) is 39.3 Å². The van der Waals surface area contributed by atoms with Crippen molar-refractivity contribution in [3.63, 3.8) is 0 Å². The van der Waals surface area contributed by atoms with Crippen molar-refractivity contribution in [1.82, 2.24) is 4.90 Å². The Bertz CT molecular complexity index is 558. The van der Waals surface area contributed by atoms with E-state index >= 15 is 0 Å². The standard InChI is InChI=1S/C13H17NO5S/c1-13(2,3)19-12(18)14-5-4-7-8(6-14)20-10(9(7)15)11(16)17/h15H,4-6H2,1-3H3,(H,16,17). The third kappa shape index (κ3) is 2.87. The van der Waals surface area contributed by atoms with Gasteiger partial charge < -0.3 is 19.8 Å². The maximum absolute atomic E-state index is 12.0. The van der Waals surface area contributed by atoms with E-state index in [-0.39, 0.29) is 17.2 Å². The average Bonchev–Trinajstić information content (AvgIpc) is 2.64. The summed E-state index contributed by atoms with van der Waals surface area (Å²) in [5.74, 6) is -1.31. The predicted octanol–water partition coefficient (Wildman–Crippen LogP) is 2.45. The first-order valence-corrected chi connectivity index (χ1v) is 7.05. The number of rotatable bonds is 1. The molecule has 110 valence electrons. The zero-order valence-corrected chi connectivity index (χ0v) is 12.4. The van der Waals surface area contributed by atoms with E-state index in [1.54, 1.807) is 20.8 Å². The molecule has 0 bridgehead atoms. The third-order valence-corrected chi connectivity index (χ3v) is 4.07. The number of nitrogens with zero attached hydrogens (tertiary/aromatic N) is 1. The zero-order valence-electron chi connectivity index (χ0n) is 11.6. The molecule has 1 aliphatic rings. The summed E-state index contributed by atoms with van der Waals surface area (Å²) in [7, 11) is 0. The largest absolute Gasteiger partial charge is 0.506 e. The Labute approximate surface area is 120 Å². The molecule has 0 atom stereocenters. The maximum Gasteiger partial charge on any atom is 0.410 e. The normalized spacial score (nSPS) is 14.8. The molecule has 0 saturated heterocycles. The summed E-state index contributed by atoms with van der Waals surface area (Å²) >= 11 is 1.01. The van der Waals surface area contributed by atoms with Gasteiger partial charge in [-0.1, -0.05) is 0 Å². The van der Waals surface area contributed by atoms with Crippen molar-refractivity contribution in [3.8, 4) is 5.75 Å². The molecule has 0 fully saturated rings. The van der Waals surface area contributed by atoms with Crippen LogP contribution in [0.4, 0.5) is 4.79 Å². The van der Waals surface area contributed by atoms with Gasteiger partial charge >= 0.3 is 12.1 Å². The Morgan fingerprint density at radius 1 is 1.35 bits per heavy atom. The van der Waals surface area contributed by atoms with Crippen LogP contribution in [0.5, 0.6) is 5.75 Å². The smallest absolute Gasteiger partial charge is 0.410 e. The van der Waals surface area contributed by atoms with Crippen molar-refractivity contribution in [2.75, 3.05) is 6.54 Å². The van der Waals surface area contributed by atoms with Gasteiger partial charge in [0.1, 0.15) is 11.4 Å². The highest BCUT2D eigenvalue weighted by Gasteiger charge is 2.30. The minimum atomic E-state index is -1.15. The number of carboxylic acids is 1. The van der Waals surface area contributed by atoms with Gasteiger partial charge in [-0.15, -0.1) is 11.3 Å². The van der Waals surface area contributed by atoms with E-state index in [4.69, 9.17) is 9.84 Å². The molecule has 20 heavy (non-hydrogen) atoms. The summed E-state index contributed by atoms with van der Waals surface area (Å²) in [5.41, 5.74) is 0.0634. The molecule has 1 amide bonds. The molecule has 2 rings (SSSR count). The maximum atomic E-state index is 12.0. The SMILES string of the molecule is CC(C)(C)OC(=O)N1CCc2c(sc(C(=O)O)c2O)C1. The van der Waals surface area contributed by atoms with Crippen LogP contribution in [0, 0.1) is 0 Å². The highest BCUT2D eigenvalue weighted by Crippen LogP contribution is 2.38. The number of fused-ring (bicyclic) bond motifs is 1. The van der Waals surface area contributed by atoms with E-state index in [1.807, 2.05) is 0 Å². The monoisotopic (exact) mass is 299 g/mol. The topological polar surface area (TPSA) is 87.1 Å². The number of carboxylic acid groups (broad SMARTS) is 1. The first kappa shape index (κ1) is 14.6. The van der Waals surface area contributed by atoms with Gasteiger partial charge in [-0.3, -0.25) is 0 Å². The van der Waals surface area contributed by atoms with Crippen molar-refractivity contribution in [1.29, 1.82) is 0 Å². The molecule has 2 heterocycles. The molecule has 0 aromatic carbocycles. The van der Waals surface area contributed by atoms with Gasteiger partial charge in [0.25, 0.3) is 0 Å². The summed E-state index contributed by atoms with van der Waals surface area (Å²) in [6, 6.07) is 0. The molecular formula is C13H17NO5S. The van der Waals surface area contributed by atoms with Crippen molar-refractivity contribution in [3.05, 3.63) is 15.3 Å². The average molecular weight is 299 g/mol. The number of carbonyl (C=O) groups excluding carboxylic acids is 1. The van der Waals surface area contributed by atoms with Crippen LogP contribution in [0.1, 0.15) is 40.9 Å². The van der Waals surface area contributed by atoms with Crippen LogP contribution in [-0.4, -0.2) is 39.3 Å². The number of amides is 1. The molecule has 6 nitrogen and oxygen atoms in total. The van der Waals surface area contributed by atoms with Crippen LogP contribution < -0.4 is 0 Å². The van der Waals surface area contributed by atoms with Crippen LogP contribution in [-0.2, 0) is 17.7 Å². The summed E-state index contributed by atoms with van der Waals surface area (Å²) in [6.07, 6.45) is 0.0115. The quantitative estimate of drug-likeness (QED) is 0.831. The summed E-state index contributed by atoms with van der Waals surface area (Å²) in [6.45, 7) is 6.06. The summed E-state index contributed by atoms with van der Waals surface area (Å²) in [4.78, 5) is 25.1. The van der Waals surface area contributed by atoms with Gasteiger partial charge in [0.05, 0.1) is 6.54 Å². The van der Waals surface area contributed by atoms with E-state index in [0.717, 1.165) is 11.3 Å². The molecule has 1 aromatic rings. The predicted molar refractivity (Wildman–Crippen MR) is 73.3 cm³/mol. The second-order valence-electron chi connectivity index (χ2n) is 5.64. The van der Waals surface area contributed by atoms with Gasteiger partial charge in [-0.25, -0.2) is 9.59 Å². The van der Waals surface area contributed by atoms with Crippen molar-refractivity contribution in [2.24, 2.45) is 0 Å². The number of aromatic hydroxyl groups is 1. The molecule has 0 radical (unpaired) electrons. The molecule has 2 N–H and O–H groups in total. The van der Waals surface area contributed by atoms with Crippen molar-refractivity contribution < 1.29 is 24.5 Å².